The normalized spacial score (nSPS) is 15.3. The molecule has 0 N–H and O–H groups in total. The third-order valence-corrected chi connectivity index (χ3v) is 7.08. The summed E-state index contributed by atoms with van der Waals surface area (Å²) in [6, 6.07) is 14.2. The molecule has 0 bridgehead atoms. The van der Waals surface area contributed by atoms with E-state index in [0.29, 0.717) is 24.7 Å². The number of hydrogen-bond acceptors (Lipinski definition) is 6. The average Bonchev–Trinajstić information content (AvgIpc) is 3.24. The van der Waals surface area contributed by atoms with Crippen LogP contribution in [0.25, 0.3) is 10.9 Å². The number of aldehydes is 1. The summed E-state index contributed by atoms with van der Waals surface area (Å²) < 4.78 is 15.9. The Morgan fingerprint density at radius 1 is 1.13 bits per heavy atom. The van der Waals surface area contributed by atoms with Crippen molar-refractivity contribution in [3.05, 3.63) is 52.9 Å². The molecule has 5 nitrogen and oxygen atoms in total. The highest BCUT2D eigenvalue weighted by molar-refractivity contribution is 7.07. The summed E-state index contributed by atoms with van der Waals surface area (Å²) >= 11 is 1.69. The number of carbonyl (C=O) groups excluding carboxylic acids is 1. The molecule has 6 heteroatoms. The lowest BCUT2D eigenvalue weighted by molar-refractivity contribution is -0.107. The van der Waals surface area contributed by atoms with Crippen LogP contribution in [-0.2, 0) is 11.2 Å². The minimum atomic E-state index is 0.395. The molecule has 1 saturated heterocycles. The summed E-state index contributed by atoms with van der Waals surface area (Å²) in [5, 5.41) is 1.35. The second-order valence-corrected chi connectivity index (χ2v) is 8.90. The number of nitrogens with zero attached hydrogens (tertiary/aromatic N) is 2. The maximum absolute atomic E-state index is 10.7. The van der Waals surface area contributed by atoms with E-state index in [2.05, 4.69) is 33.5 Å². The number of aromatic nitrogens is 1. The lowest BCUT2D eigenvalue weighted by atomic mass is 9.93. The molecule has 0 unspecified atom stereocenters. The molecule has 0 aliphatic carbocycles. The topological polar surface area (TPSA) is 51.7 Å². The van der Waals surface area contributed by atoms with E-state index in [9.17, 15) is 4.79 Å². The predicted molar refractivity (Wildman–Crippen MR) is 126 cm³/mol. The summed E-state index contributed by atoms with van der Waals surface area (Å²) in [5.74, 6) is 2.08. The lowest BCUT2D eigenvalue weighted by Crippen LogP contribution is -2.33. The van der Waals surface area contributed by atoms with E-state index >= 15 is 0 Å². The number of piperidine rings is 1. The molecular formula is C25H30N2O3S. The highest BCUT2D eigenvalue weighted by Gasteiger charge is 2.23. The number of benzene rings is 2. The molecule has 3 aromatic rings. The molecule has 4 rings (SSSR count). The fourth-order valence-corrected chi connectivity index (χ4v) is 5.31. The Morgan fingerprint density at radius 2 is 1.97 bits per heavy atom. The van der Waals surface area contributed by atoms with E-state index in [1.807, 2.05) is 18.2 Å². The van der Waals surface area contributed by atoms with Gasteiger partial charge < -0.3 is 19.2 Å². The molecule has 1 fully saturated rings. The van der Waals surface area contributed by atoms with Crippen LogP contribution in [0.5, 0.6) is 11.5 Å². The number of hydrogen-bond donors (Lipinski definition) is 0. The van der Waals surface area contributed by atoms with Crippen LogP contribution in [0.2, 0.25) is 0 Å². The Labute approximate surface area is 188 Å². The summed E-state index contributed by atoms with van der Waals surface area (Å²) in [7, 11) is 1.63. The van der Waals surface area contributed by atoms with Gasteiger partial charge in [0.1, 0.15) is 6.29 Å². The van der Waals surface area contributed by atoms with E-state index in [-0.39, 0.29) is 0 Å². The van der Waals surface area contributed by atoms with Gasteiger partial charge in [0, 0.05) is 16.7 Å². The number of unbranched alkanes of at least 4 members (excludes halogenated alkanes) is 1. The van der Waals surface area contributed by atoms with Crippen molar-refractivity contribution in [1.82, 2.24) is 9.27 Å². The van der Waals surface area contributed by atoms with Crippen LogP contribution in [0.15, 0.2) is 42.5 Å². The second kappa shape index (κ2) is 10.7. The number of ether oxygens (including phenoxy) is 2. The monoisotopic (exact) mass is 438 g/mol. The van der Waals surface area contributed by atoms with Crippen molar-refractivity contribution in [2.75, 3.05) is 33.4 Å². The van der Waals surface area contributed by atoms with Crippen LogP contribution in [0.3, 0.4) is 0 Å². The largest absolute Gasteiger partial charge is 0.493 e. The molecule has 1 aliphatic rings. The summed E-state index contributed by atoms with van der Waals surface area (Å²) in [6.45, 7) is 4.11. The third-order valence-electron chi connectivity index (χ3n) is 6.04. The second-order valence-electron chi connectivity index (χ2n) is 8.09. The number of likely N-dealkylation sites (tertiary alicyclic amines) is 1. The molecule has 2 heterocycles. The van der Waals surface area contributed by atoms with Gasteiger partial charge in [-0.15, -0.1) is 0 Å². The van der Waals surface area contributed by atoms with E-state index < -0.39 is 0 Å². The summed E-state index contributed by atoms with van der Waals surface area (Å²) in [5.41, 5.74) is 2.08. The van der Waals surface area contributed by atoms with Gasteiger partial charge in [-0.2, -0.15) is 4.37 Å². The number of carbonyl (C=O) groups is 1. The molecule has 0 radical (unpaired) electrons. The van der Waals surface area contributed by atoms with Gasteiger partial charge in [-0.1, -0.05) is 24.3 Å². The molecule has 1 aliphatic heterocycles. The van der Waals surface area contributed by atoms with Gasteiger partial charge in [-0.25, -0.2) is 0 Å². The Morgan fingerprint density at radius 3 is 2.77 bits per heavy atom. The quantitative estimate of drug-likeness (QED) is 0.326. The van der Waals surface area contributed by atoms with Gasteiger partial charge in [0.25, 0.3) is 0 Å². The molecular weight excluding hydrogens is 408 g/mol. The molecule has 0 amide bonds. The van der Waals surface area contributed by atoms with Crippen LogP contribution >= 0.6 is 11.5 Å². The minimum Gasteiger partial charge on any atom is -0.493 e. The number of methoxy groups -OCH3 is 1. The number of rotatable bonds is 10. The predicted octanol–water partition coefficient (Wildman–Crippen LogP) is 5.08. The van der Waals surface area contributed by atoms with Gasteiger partial charge in [-0.3, -0.25) is 0 Å². The molecule has 1 aromatic heterocycles. The summed E-state index contributed by atoms with van der Waals surface area (Å²) in [4.78, 5) is 14.7. The van der Waals surface area contributed by atoms with E-state index in [1.54, 1.807) is 18.6 Å². The standard InChI is InChI=1S/C25H30N2O3S/c1-29-24-18-19(12-16-28)8-9-23(24)30-17-5-4-13-27-14-10-20(11-15-27)25-21-6-2-3-7-22(21)26-31-25/h2-3,6-9,16,18,20H,4-5,10-15,17H2,1H3. The average molecular weight is 439 g/mol. The van der Waals surface area contributed by atoms with Gasteiger partial charge >= 0.3 is 0 Å². The van der Waals surface area contributed by atoms with E-state index in [4.69, 9.17) is 9.47 Å². The van der Waals surface area contributed by atoms with Crippen molar-refractivity contribution < 1.29 is 14.3 Å². The molecule has 2 aromatic carbocycles. The Bertz CT molecular complexity index is 995. The van der Waals surface area contributed by atoms with Crippen LogP contribution in [0, 0.1) is 0 Å². The fraction of sp³-hybridized carbons (Fsp3) is 0.440. The zero-order valence-corrected chi connectivity index (χ0v) is 18.9. The Hall–Kier alpha value is -2.44. The Balaban J connectivity index is 1.18. The van der Waals surface area contributed by atoms with Crippen molar-refractivity contribution in [2.24, 2.45) is 0 Å². The minimum absolute atomic E-state index is 0.395. The molecule has 0 spiro atoms. The van der Waals surface area contributed by atoms with Gasteiger partial charge in [0.15, 0.2) is 11.5 Å². The first-order chi connectivity index (χ1) is 15.3. The van der Waals surface area contributed by atoms with Gasteiger partial charge in [0.2, 0.25) is 0 Å². The van der Waals surface area contributed by atoms with Crippen molar-refractivity contribution in [1.29, 1.82) is 0 Å². The van der Waals surface area contributed by atoms with Crippen LogP contribution in [-0.4, -0.2) is 48.9 Å². The van der Waals surface area contributed by atoms with E-state index in [1.165, 1.54) is 23.1 Å². The fourth-order valence-electron chi connectivity index (χ4n) is 4.30. The first-order valence-electron chi connectivity index (χ1n) is 11.1. The highest BCUT2D eigenvalue weighted by Crippen LogP contribution is 2.36. The SMILES string of the molecule is COc1cc(CC=O)ccc1OCCCCN1CCC(c2snc3ccccc23)CC1. The Kier molecular flexibility index (Phi) is 7.54. The number of fused-ring (bicyclic) bond motifs is 1. The van der Waals surface area contributed by atoms with Gasteiger partial charge in [-0.05, 0) is 86.5 Å². The molecule has 0 atom stereocenters. The van der Waals surface area contributed by atoms with Gasteiger partial charge in [0.05, 0.1) is 19.2 Å². The zero-order chi connectivity index (χ0) is 21.5. The van der Waals surface area contributed by atoms with Crippen LogP contribution in [0.4, 0.5) is 0 Å². The van der Waals surface area contributed by atoms with Crippen molar-refractivity contribution in [3.8, 4) is 11.5 Å². The maximum atomic E-state index is 10.7. The van der Waals surface area contributed by atoms with Crippen molar-refractivity contribution >= 4 is 28.7 Å². The smallest absolute Gasteiger partial charge is 0.161 e. The van der Waals surface area contributed by atoms with Crippen LogP contribution < -0.4 is 9.47 Å². The van der Waals surface area contributed by atoms with E-state index in [0.717, 1.165) is 55.6 Å². The first kappa shape index (κ1) is 21.8. The van der Waals surface area contributed by atoms with Crippen LogP contribution in [0.1, 0.15) is 42.0 Å². The zero-order valence-electron chi connectivity index (χ0n) is 18.1. The lowest BCUT2D eigenvalue weighted by Gasteiger charge is -2.31. The third kappa shape index (κ3) is 5.43. The van der Waals surface area contributed by atoms with Crippen molar-refractivity contribution in [3.63, 3.8) is 0 Å². The first-order valence-corrected chi connectivity index (χ1v) is 11.9. The maximum Gasteiger partial charge on any atom is 0.161 e. The molecule has 0 saturated carbocycles. The molecule has 164 valence electrons. The van der Waals surface area contributed by atoms with Crippen molar-refractivity contribution in [2.45, 2.75) is 38.0 Å². The highest BCUT2D eigenvalue weighted by atomic mass is 32.1. The molecule has 31 heavy (non-hydrogen) atoms. The summed E-state index contributed by atoms with van der Waals surface area (Å²) in [6.07, 6.45) is 5.86.